The van der Waals surface area contributed by atoms with Gasteiger partial charge in [-0.2, -0.15) is 10.5 Å². The van der Waals surface area contributed by atoms with Crippen molar-refractivity contribution in [3.63, 3.8) is 0 Å². The first-order chi connectivity index (χ1) is 25.8. The van der Waals surface area contributed by atoms with Crippen LogP contribution in [0, 0.1) is 47.2 Å². The molecule has 5 aromatic rings. The maximum Gasteiger partial charge on any atom is 0.226 e. The first-order valence-electron chi connectivity index (χ1n) is 18.4. The van der Waals surface area contributed by atoms with Crippen molar-refractivity contribution in [1.82, 2.24) is 19.8 Å². The van der Waals surface area contributed by atoms with Gasteiger partial charge in [0.05, 0.1) is 58.1 Å². The highest BCUT2D eigenvalue weighted by molar-refractivity contribution is 6.43. The van der Waals surface area contributed by atoms with Crippen molar-refractivity contribution in [3.05, 3.63) is 98.5 Å². The number of carbonyl (C=O) groups excluding carboxylic acids is 1. The summed E-state index contributed by atoms with van der Waals surface area (Å²) in [6, 6.07) is 21.4. The van der Waals surface area contributed by atoms with Gasteiger partial charge in [0, 0.05) is 71.2 Å². The highest BCUT2D eigenvalue weighted by Crippen LogP contribution is 2.51. The number of nitrogens with one attached hydrogen (secondary N) is 1. The van der Waals surface area contributed by atoms with Gasteiger partial charge >= 0.3 is 0 Å². The van der Waals surface area contributed by atoms with E-state index < -0.39 is 5.82 Å². The lowest BCUT2D eigenvalue weighted by atomic mass is 9.79. The lowest BCUT2D eigenvalue weighted by molar-refractivity contribution is -0.134. The van der Waals surface area contributed by atoms with E-state index in [1.54, 1.807) is 24.3 Å². The number of amides is 1. The van der Waals surface area contributed by atoms with E-state index in [2.05, 4.69) is 28.1 Å². The third kappa shape index (κ3) is 5.68. The Labute approximate surface area is 317 Å². The van der Waals surface area contributed by atoms with Gasteiger partial charge in [0.25, 0.3) is 0 Å². The second kappa shape index (κ2) is 13.4. The molecule has 2 saturated carbocycles. The number of likely N-dealkylation sites (tertiary alicyclic amines) is 1. The van der Waals surface area contributed by atoms with Crippen LogP contribution in [0.15, 0.2) is 54.6 Å². The minimum Gasteiger partial charge on any atom is -0.372 e. The molecular formula is C42H37Cl2FN6O2. The molecule has 3 saturated heterocycles. The molecule has 2 bridgehead atoms. The molecule has 0 spiro atoms. The fourth-order valence-electron chi connectivity index (χ4n) is 9.07. The molecule has 1 amide bonds. The van der Waals surface area contributed by atoms with E-state index in [-0.39, 0.29) is 59.6 Å². The summed E-state index contributed by atoms with van der Waals surface area (Å²) in [7, 11) is 0. The monoisotopic (exact) mass is 746 g/mol. The Hall–Kier alpha value is -4.51. The highest BCUT2D eigenvalue weighted by atomic mass is 35.5. The summed E-state index contributed by atoms with van der Waals surface area (Å²) in [4.78, 5) is 20.9. The molecule has 2 aromatic heterocycles. The van der Waals surface area contributed by atoms with Gasteiger partial charge in [-0.1, -0.05) is 53.5 Å². The number of aromatic nitrogens is 2. The number of halogens is 3. The van der Waals surface area contributed by atoms with Crippen LogP contribution in [-0.4, -0.2) is 45.6 Å². The van der Waals surface area contributed by atoms with E-state index in [4.69, 9.17) is 32.9 Å². The van der Waals surface area contributed by atoms with Gasteiger partial charge in [0.1, 0.15) is 5.52 Å². The van der Waals surface area contributed by atoms with Crippen LogP contribution in [0.25, 0.3) is 32.9 Å². The van der Waals surface area contributed by atoms with Crippen LogP contribution < -0.4 is 5.32 Å². The average molecular weight is 748 g/mol. The van der Waals surface area contributed by atoms with Gasteiger partial charge in [0.2, 0.25) is 5.91 Å². The zero-order valence-electron chi connectivity index (χ0n) is 29.2. The number of hydrogen-bond donors (Lipinski definition) is 1. The summed E-state index contributed by atoms with van der Waals surface area (Å²) < 4.78 is 26.1. The van der Waals surface area contributed by atoms with E-state index in [1.165, 1.54) is 0 Å². The van der Waals surface area contributed by atoms with Gasteiger partial charge in [-0.25, -0.2) is 9.37 Å². The normalized spacial score (nSPS) is 23.4. The second-order valence-electron chi connectivity index (χ2n) is 15.0. The maximum atomic E-state index is 17.2. The number of benzene rings is 3. The second-order valence-corrected chi connectivity index (χ2v) is 15.8. The zero-order valence-corrected chi connectivity index (χ0v) is 30.7. The van der Waals surface area contributed by atoms with Crippen molar-refractivity contribution in [2.24, 2.45) is 11.8 Å². The lowest BCUT2D eigenvalue weighted by Gasteiger charge is -2.39. The maximum absolute atomic E-state index is 17.2. The lowest BCUT2D eigenvalue weighted by Crippen LogP contribution is -2.41. The van der Waals surface area contributed by atoms with Crippen LogP contribution in [0.2, 0.25) is 10.0 Å². The predicted molar refractivity (Wildman–Crippen MR) is 202 cm³/mol. The van der Waals surface area contributed by atoms with Crippen LogP contribution in [0.5, 0.6) is 0 Å². The Morgan fingerprint density at radius 2 is 1.91 bits per heavy atom. The van der Waals surface area contributed by atoms with E-state index in [0.29, 0.717) is 63.7 Å². The van der Waals surface area contributed by atoms with Crippen molar-refractivity contribution >= 4 is 50.9 Å². The van der Waals surface area contributed by atoms with Crippen molar-refractivity contribution in [2.75, 3.05) is 13.1 Å². The van der Waals surface area contributed by atoms with Crippen molar-refractivity contribution in [3.8, 4) is 23.3 Å². The Morgan fingerprint density at radius 3 is 2.64 bits per heavy atom. The van der Waals surface area contributed by atoms with Crippen LogP contribution in [0.3, 0.4) is 0 Å². The van der Waals surface area contributed by atoms with Crippen molar-refractivity contribution < 1.29 is 13.9 Å². The van der Waals surface area contributed by atoms with E-state index in [1.807, 2.05) is 36.1 Å². The molecular weight excluding hydrogens is 710 g/mol. The molecule has 0 radical (unpaired) electrons. The smallest absolute Gasteiger partial charge is 0.226 e. The number of pyridine rings is 1. The number of hydrogen-bond acceptors (Lipinski definition) is 6. The van der Waals surface area contributed by atoms with E-state index in [0.717, 1.165) is 48.0 Å². The van der Waals surface area contributed by atoms with Crippen LogP contribution in [-0.2, 0) is 22.6 Å². The summed E-state index contributed by atoms with van der Waals surface area (Å²) >= 11 is 13.1. The number of fused-ring (bicyclic) bond motifs is 4. The van der Waals surface area contributed by atoms with Gasteiger partial charge in [0.15, 0.2) is 5.82 Å². The highest BCUT2D eigenvalue weighted by Gasteiger charge is 2.51. The Morgan fingerprint density at radius 1 is 1.08 bits per heavy atom. The number of nitrogens with zero attached hydrogens (tertiary/aromatic N) is 5. The Kier molecular flexibility index (Phi) is 8.67. The fraction of sp³-hybridized carbons (Fsp3) is 0.381. The molecule has 11 heteroatoms. The summed E-state index contributed by atoms with van der Waals surface area (Å²) in [6.07, 6.45) is 3.73. The minimum atomic E-state index is -0.494. The predicted octanol–water partition coefficient (Wildman–Crippen LogP) is 8.74. The SMILES string of the molecule is Cc1nc2c(F)c(-c3cccc(Cl)c3Cl)c(CCC#N)cc2c2c1cc([C@H]1C[C@H](OCc3ccccc3C#N)CN1C(=O)C1CC1)n2[C@H]1[C@H]2CN[C@@H]1C2. The topological polar surface area (TPSA) is 107 Å². The molecule has 268 valence electrons. The largest absolute Gasteiger partial charge is 0.372 e. The molecule has 3 aliphatic heterocycles. The van der Waals surface area contributed by atoms with Crippen LogP contribution >= 0.6 is 23.2 Å². The number of ether oxygens (including phenoxy) is 1. The molecule has 10 rings (SSSR count). The standard InChI is InChI=1S/C42H37Cl2FN6O2/c1-22-30-17-35(34-16-28(20-50(34)42(52)23-11-12-23)53-21-26-7-3-2-6-25(26)18-47)51(40-27-15-33(40)48-19-27)41(30)31-14-24(8-5-13-46)36(38(45)39(31)49-22)29-9-4-10-32(43)37(29)44/h2-4,6-7,9-10,14,17,23,27-28,33-34,40,48H,5,8,11-12,15-16,19-21H2,1H3/t27-,28+,33-,34-,40+/m1/s1. The molecule has 3 aromatic carbocycles. The average Bonchev–Trinajstić information content (AvgIpc) is 3.45. The van der Waals surface area contributed by atoms with Gasteiger partial charge in [-0.05, 0) is 73.9 Å². The molecule has 8 nitrogen and oxygen atoms in total. The van der Waals surface area contributed by atoms with Crippen LogP contribution in [0.4, 0.5) is 4.39 Å². The Balaban J connectivity index is 1.22. The fourth-order valence-corrected chi connectivity index (χ4v) is 9.46. The van der Waals surface area contributed by atoms with Crippen molar-refractivity contribution in [2.45, 2.75) is 76.3 Å². The summed E-state index contributed by atoms with van der Waals surface area (Å²) in [5.74, 6) is 0.0743. The van der Waals surface area contributed by atoms with Crippen LogP contribution in [0.1, 0.15) is 72.3 Å². The summed E-state index contributed by atoms with van der Waals surface area (Å²) in [5, 5.41) is 25.1. The quantitative estimate of drug-likeness (QED) is 0.162. The zero-order chi connectivity index (χ0) is 36.5. The first-order valence-corrected chi connectivity index (χ1v) is 19.1. The third-order valence-corrected chi connectivity index (χ3v) is 12.7. The van der Waals surface area contributed by atoms with Gasteiger partial charge in [-0.3, -0.25) is 4.79 Å². The molecule has 1 N–H and O–H groups in total. The molecule has 53 heavy (non-hydrogen) atoms. The molecule has 5 atom stereocenters. The van der Waals surface area contributed by atoms with E-state index in [9.17, 15) is 15.3 Å². The molecule has 2 aliphatic carbocycles. The van der Waals surface area contributed by atoms with E-state index >= 15 is 4.39 Å². The van der Waals surface area contributed by atoms with Crippen molar-refractivity contribution in [1.29, 1.82) is 10.5 Å². The molecule has 0 unspecified atom stereocenters. The Bertz CT molecular complexity index is 2400. The molecule has 5 aliphatic rings. The number of rotatable bonds is 9. The van der Waals surface area contributed by atoms with Gasteiger partial charge < -0.3 is 19.5 Å². The summed E-state index contributed by atoms with van der Waals surface area (Å²) in [6.45, 7) is 3.55. The minimum absolute atomic E-state index is 0.0210. The summed E-state index contributed by atoms with van der Waals surface area (Å²) in [5.41, 5.74) is 5.69. The van der Waals surface area contributed by atoms with Gasteiger partial charge in [-0.15, -0.1) is 0 Å². The number of carbonyl (C=O) groups is 1. The molecule has 5 fully saturated rings. The first kappa shape index (κ1) is 34.3. The third-order valence-electron chi connectivity index (χ3n) is 11.9. The molecule has 5 heterocycles. The number of aryl methyl sites for hydroxylation is 2. The number of nitriles is 2.